The fraction of sp³-hybridized carbons (Fsp3) is 0.278. The molecule has 9 heteroatoms. The predicted octanol–water partition coefficient (Wildman–Crippen LogP) is 3.98. The third-order valence-corrected chi connectivity index (χ3v) is 6.26. The SMILES string of the molecule is Cc1ccc(Cl)cc1N(CC(=O)NCCSc1ccc(Cl)cc1)S(C)(=O)=O. The van der Waals surface area contributed by atoms with Gasteiger partial charge in [0.2, 0.25) is 15.9 Å². The lowest BCUT2D eigenvalue weighted by atomic mass is 10.2. The Labute approximate surface area is 174 Å². The van der Waals surface area contributed by atoms with Crippen molar-refractivity contribution in [1.82, 2.24) is 5.32 Å². The molecule has 0 fully saturated rings. The minimum atomic E-state index is -3.63. The Morgan fingerprint density at radius 2 is 1.74 bits per heavy atom. The van der Waals surface area contributed by atoms with Crippen molar-refractivity contribution in [2.24, 2.45) is 0 Å². The van der Waals surface area contributed by atoms with Crippen molar-refractivity contribution < 1.29 is 13.2 Å². The highest BCUT2D eigenvalue weighted by Gasteiger charge is 2.22. The van der Waals surface area contributed by atoms with E-state index in [0.29, 0.717) is 28.0 Å². The molecule has 2 rings (SSSR count). The number of thioether (sulfide) groups is 1. The van der Waals surface area contributed by atoms with Crippen LogP contribution >= 0.6 is 35.0 Å². The van der Waals surface area contributed by atoms with Gasteiger partial charge in [-0.2, -0.15) is 0 Å². The molecule has 0 aliphatic heterocycles. The lowest BCUT2D eigenvalue weighted by molar-refractivity contribution is -0.119. The van der Waals surface area contributed by atoms with Gasteiger partial charge in [-0.15, -0.1) is 11.8 Å². The fourth-order valence-corrected chi connectivity index (χ4v) is 4.28. The number of carbonyl (C=O) groups is 1. The van der Waals surface area contributed by atoms with E-state index in [1.54, 1.807) is 49.0 Å². The highest BCUT2D eigenvalue weighted by atomic mass is 35.5. The highest BCUT2D eigenvalue weighted by Crippen LogP contribution is 2.26. The molecule has 2 aromatic rings. The van der Waals surface area contributed by atoms with Gasteiger partial charge in [-0.25, -0.2) is 8.42 Å². The summed E-state index contributed by atoms with van der Waals surface area (Å²) in [5.74, 6) is 0.277. The summed E-state index contributed by atoms with van der Waals surface area (Å²) >= 11 is 13.4. The Morgan fingerprint density at radius 1 is 1.11 bits per heavy atom. The molecule has 0 aliphatic rings. The average molecular weight is 447 g/mol. The number of rotatable bonds is 8. The van der Waals surface area contributed by atoms with Crippen LogP contribution in [0.15, 0.2) is 47.4 Å². The van der Waals surface area contributed by atoms with Crippen LogP contribution in [-0.2, 0) is 14.8 Å². The summed E-state index contributed by atoms with van der Waals surface area (Å²) in [5, 5.41) is 3.82. The molecule has 0 aliphatic carbocycles. The van der Waals surface area contributed by atoms with Gasteiger partial charge in [0.25, 0.3) is 0 Å². The number of aryl methyl sites for hydroxylation is 1. The Balaban J connectivity index is 1.94. The molecule has 0 unspecified atom stereocenters. The Morgan fingerprint density at radius 3 is 2.37 bits per heavy atom. The van der Waals surface area contributed by atoms with Gasteiger partial charge in [0.05, 0.1) is 11.9 Å². The second-order valence-corrected chi connectivity index (χ2v) is 9.80. The van der Waals surface area contributed by atoms with Crippen molar-refractivity contribution in [2.45, 2.75) is 11.8 Å². The van der Waals surface area contributed by atoms with Crippen molar-refractivity contribution in [3.8, 4) is 0 Å². The number of nitrogens with one attached hydrogen (secondary N) is 1. The van der Waals surface area contributed by atoms with E-state index in [2.05, 4.69) is 5.32 Å². The molecule has 0 bridgehead atoms. The quantitative estimate of drug-likeness (QED) is 0.491. The molecule has 2 aromatic carbocycles. The van der Waals surface area contributed by atoms with Crippen LogP contribution in [0.4, 0.5) is 5.69 Å². The van der Waals surface area contributed by atoms with Crippen molar-refractivity contribution in [2.75, 3.05) is 29.4 Å². The summed E-state index contributed by atoms with van der Waals surface area (Å²) in [5.41, 5.74) is 1.12. The summed E-state index contributed by atoms with van der Waals surface area (Å²) in [4.78, 5) is 13.3. The normalized spacial score (nSPS) is 11.3. The van der Waals surface area contributed by atoms with Crippen LogP contribution in [0.5, 0.6) is 0 Å². The molecular weight excluding hydrogens is 427 g/mol. The van der Waals surface area contributed by atoms with Gasteiger partial charge in [0.15, 0.2) is 0 Å². The molecule has 0 heterocycles. The minimum absolute atomic E-state index is 0.300. The number of halogens is 2. The zero-order valence-electron chi connectivity index (χ0n) is 14.9. The number of benzene rings is 2. The van der Waals surface area contributed by atoms with Crippen molar-refractivity contribution in [3.63, 3.8) is 0 Å². The number of hydrogen-bond acceptors (Lipinski definition) is 4. The molecule has 146 valence electrons. The topological polar surface area (TPSA) is 66.5 Å². The molecule has 5 nitrogen and oxygen atoms in total. The maximum Gasteiger partial charge on any atom is 0.240 e. The monoisotopic (exact) mass is 446 g/mol. The van der Waals surface area contributed by atoms with Crippen LogP contribution in [0.3, 0.4) is 0 Å². The van der Waals surface area contributed by atoms with Crippen LogP contribution in [0, 0.1) is 6.92 Å². The molecule has 27 heavy (non-hydrogen) atoms. The number of nitrogens with zero attached hydrogens (tertiary/aromatic N) is 1. The summed E-state index contributed by atoms with van der Waals surface area (Å²) < 4.78 is 25.4. The Bertz CT molecular complexity index is 903. The molecule has 0 saturated heterocycles. The van der Waals surface area contributed by atoms with Gasteiger partial charge in [0.1, 0.15) is 6.54 Å². The molecule has 0 aromatic heterocycles. The van der Waals surface area contributed by atoms with Gasteiger partial charge >= 0.3 is 0 Å². The first-order valence-electron chi connectivity index (χ1n) is 8.06. The van der Waals surface area contributed by atoms with E-state index in [1.807, 2.05) is 12.1 Å². The zero-order chi connectivity index (χ0) is 20.0. The van der Waals surface area contributed by atoms with Gasteiger partial charge in [-0.05, 0) is 48.9 Å². The van der Waals surface area contributed by atoms with E-state index in [-0.39, 0.29) is 12.5 Å². The number of carbonyl (C=O) groups excluding carboxylic acids is 1. The van der Waals surface area contributed by atoms with Crippen LogP contribution in [-0.4, -0.2) is 39.4 Å². The maximum atomic E-state index is 12.2. The Hall–Kier alpha value is -1.41. The molecule has 0 saturated carbocycles. The summed E-state index contributed by atoms with van der Waals surface area (Å²) in [6, 6.07) is 12.4. The largest absolute Gasteiger partial charge is 0.354 e. The number of amides is 1. The first-order valence-corrected chi connectivity index (χ1v) is 11.6. The summed E-state index contributed by atoms with van der Waals surface area (Å²) in [6.07, 6.45) is 1.07. The first kappa shape index (κ1) is 21.9. The first-order chi connectivity index (χ1) is 12.7. The number of anilines is 1. The van der Waals surface area contributed by atoms with Crippen LogP contribution < -0.4 is 9.62 Å². The predicted molar refractivity (Wildman–Crippen MR) is 114 cm³/mol. The lowest BCUT2D eigenvalue weighted by Crippen LogP contribution is -2.41. The molecule has 0 spiro atoms. The van der Waals surface area contributed by atoms with Crippen molar-refractivity contribution in [1.29, 1.82) is 0 Å². The lowest BCUT2D eigenvalue weighted by Gasteiger charge is -2.23. The Kier molecular flexibility index (Phi) is 7.85. The standard InChI is InChI=1S/C18H20Cl2N2O3S2/c1-13-3-4-15(20)11-17(13)22(27(2,24)25)12-18(23)21-9-10-26-16-7-5-14(19)6-8-16/h3-8,11H,9-10,12H2,1-2H3,(H,21,23). The van der Waals surface area contributed by atoms with Gasteiger partial charge in [-0.3, -0.25) is 9.10 Å². The molecular formula is C18H20Cl2N2O3S2. The van der Waals surface area contributed by atoms with Crippen molar-refractivity contribution in [3.05, 3.63) is 58.1 Å². The minimum Gasteiger partial charge on any atom is -0.354 e. The van der Waals surface area contributed by atoms with E-state index in [1.165, 1.54) is 0 Å². The second-order valence-electron chi connectivity index (χ2n) is 5.85. The van der Waals surface area contributed by atoms with Gasteiger partial charge < -0.3 is 5.32 Å². The summed E-state index contributed by atoms with van der Waals surface area (Å²) in [6.45, 7) is 1.88. The van der Waals surface area contributed by atoms with E-state index in [4.69, 9.17) is 23.2 Å². The smallest absolute Gasteiger partial charge is 0.240 e. The molecule has 1 N–H and O–H groups in total. The van der Waals surface area contributed by atoms with E-state index >= 15 is 0 Å². The van der Waals surface area contributed by atoms with Gasteiger partial charge in [-0.1, -0.05) is 29.3 Å². The van der Waals surface area contributed by atoms with Crippen LogP contribution in [0.2, 0.25) is 10.0 Å². The van der Waals surface area contributed by atoms with E-state index in [0.717, 1.165) is 21.0 Å². The van der Waals surface area contributed by atoms with E-state index in [9.17, 15) is 13.2 Å². The highest BCUT2D eigenvalue weighted by molar-refractivity contribution is 7.99. The van der Waals surface area contributed by atoms with Crippen LogP contribution in [0.1, 0.15) is 5.56 Å². The third-order valence-electron chi connectivity index (χ3n) is 3.63. The zero-order valence-corrected chi connectivity index (χ0v) is 18.1. The van der Waals surface area contributed by atoms with Gasteiger partial charge in [0, 0.05) is 27.2 Å². The van der Waals surface area contributed by atoms with Crippen LogP contribution in [0.25, 0.3) is 0 Å². The maximum absolute atomic E-state index is 12.2. The molecule has 0 radical (unpaired) electrons. The van der Waals surface area contributed by atoms with E-state index < -0.39 is 10.0 Å². The fourth-order valence-electron chi connectivity index (χ4n) is 2.31. The molecule has 1 amide bonds. The number of sulfonamides is 1. The summed E-state index contributed by atoms with van der Waals surface area (Å²) in [7, 11) is -3.63. The number of hydrogen-bond donors (Lipinski definition) is 1. The molecule has 0 atom stereocenters. The third kappa shape index (κ3) is 6.92. The van der Waals surface area contributed by atoms with Crippen molar-refractivity contribution >= 4 is 56.6 Å². The average Bonchev–Trinajstić information content (AvgIpc) is 2.59. The second kappa shape index (κ2) is 9.68.